The van der Waals surface area contributed by atoms with Gasteiger partial charge in [-0.1, -0.05) is 11.6 Å². The largest absolute Gasteiger partial charge is 0.466 e. The van der Waals surface area contributed by atoms with E-state index >= 15 is 0 Å². The normalized spacial score (nSPS) is 22.5. The van der Waals surface area contributed by atoms with Crippen molar-refractivity contribution in [2.45, 2.75) is 52.2 Å². The molecule has 0 aromatic rings. The quantitative estimate of drug-likeness (QED) is 0.624. The Hall–Kier alpha value is -1.78. The molecule has 0 aromatic heterocycles. The Kier molecular flexibility index (Phi) is 4.63. The van der Waals surface area contributed by atoms with Crippen molar-refractivity contribution >= 4 is 12.1 Å². The summed E-state index contributed by atoms with van der Waals surface area (Å²) in [4.78, 5) is 23.5. The molecule has 1 N–H and O–H groups in total. The Bertz CT molecular complexity index is 471. The summed E-state index contributed by atoms with van der Waals surface area (Å²) in [6.07, 6.45) is 3.61. The van der Waals surface area contributed by atoms with Crippen molar-refractivity contribution in [3.8, 4) is 0 Å². The van der Waals surface area contributed by atoms with Crippen LogP contribution in [-0.4, -0.2) is 30.3 Å². The number of rotatable bonds is 2. The molecule has 0 spiro atoms. The Labute approximate surface area is 120 Å². The summed E-state index contributed by atoms with van der Waals surface area (Å²) in [5.41, 5.74) is 0.203. The topological polar surface area (TPSA) is 64.6 Å². The van der Waals surface area contributed by atoms with E-state index in [1.54, 1.807) is 26.8 Å². The minimum absolute atomic E-state index is 0.380. The predicted octanol–water partition coefficient (Wildman–Crippen LogP) is 2.72. The van der Waals surface area contributed by atoms with E-state index in [1.807, 2.05) is 19.9 Å². The van der Waals surface area contributed by atoms with Crippen LogP contribution in [0.4, 0.5) is 4.79 Å². The van der Waals surface area contributed by atoms with Crippen LogP contribution in [0.25, 0.3) is 0 Å². The maximum atomic E-state index is 11.9. The monoisotopic (exact) mass is 281 g/mol. The first-order chi connectivity index (χ1) is 9.04. The maximum absolute atomic E-state index is 11.9. The molecule has 5 heteroatoms. The van der Waals surface area contributed by atoms with Gasteiger partial charge in [0.05, 0.1) is 12.6 Å². The number of carbonyl (C=O) groups is 2. The van der Waals surface area contributed by atoms with E-state index in [4.69, 9.17) is 9.47 Å². The summed E-state index contributed by atoms with van der Waals surface area (Å²) < 4.78 is 9.98. The summed E-state index contributed by atoms with van der Waals surface area (Å²) in [7, 11) is 1.34. The molecule has 0 aromatic carbocycles. The zero-order chi connectivity index (χ0) is 15.6. The molecular weight excluding hydrogens is 258 g/mol. The number of amides is 1. The second-order valence-corrected chi connectivity index (χ2v) is 6.24. The van der Waals surface area contributed by atoms with Gasteiger partial charge < -0.3 is 14.8 Å². The average molecular weight is 281 g/mol. The van der Waals surface area contributed by atoms with E-state index in [0.717, 1.165) is 5.57 Å². The van der Waals surface area contributed by atoms with Crippen LogP contribution in [0.15, 0.2) is 23.3 Å². The second kappa shape index (κ2) is 5.69. The number of carbonyl (C=O) groups excluding carboxylic acids is 2. The van der Waals surface area contributed by atoms with Gasteiger partial charge in [-0.25, -0.2) is 9.59 Å². The molecule has 5 nitrogen and oxygen atoms in total. The fourth-order valence-corrected chi connectivity index (χ4v) is 2.18. The van der Waals surface area contributed by atoms with Crippen LogP contribution in [0.5, 0.6) is 0 Å². The van der Waals surface area contributed by atoms with E-state index in [-0.39, 0.29) is 5.97 Å². The summed E-state index contributed by atoms with van der Waals surface area (Å²) in [6, 6.07) is 0. The van der Waals surface area contributed by atoms with E-state index in [9.17, 15) is 9.59 Å². The lowest BCUT2D eigenvalue weighted by atomic mass is 9.87. The average Bonchev–Trinajstić information content (AvgIpc) is 2.22. The zero-order valence-electron chi connectivity index (χ0n) is 13.0. The summed E-state index contributed by atoms with van der Waals surface area (Å²) in [5.74, 6) is -0.380. The lowest BCUT2D eigenvalue weighted by Crippen LogP contribution is -2.46. The van der Waals surface area contributed by atoms with Gasteiger partial charge in [-0.05, 0) is 40.7 Å². The molecule has 0 saturated carbocycles. The first-order valence-electron chi connectivity index (χ1n) is 6.54. The van der Waals surface area contributed by atoms with E-state index in [2.05, 4.69) is 5.32 Å². The highest BCUT2D eigenvalue weighted by molar-refractivity contribution is 5.90. The third-order valence-electron chi connectivity index (χ3n) is 2.71. The van der Waals surface area contributed by atoms with Crippen molar-refractivity contribution in [2.75, 3.05) is 7.11 Å². The molecule has 0 bridgehead atoms. The van der Waals surface area contributed by atoms with Crippen LogP contribution in [0.1, 0.15) is 41.0 Å². The smallest absolute Gasteiger partial charge is 0.408 e. The Balaban J connectivity index is 2.90. The van der Waals surface area contributed by atoms with Crippen LogP contribution in [0, 0.1) is 0 Å². The maximum Gasteiger partial charge on any atom is 0.408 e. The highest BCUT2D eigenvalue weighted by atomic mass is 16.6. The number of nitrogens with one attached hydrogen (secondary N) is 1. The third-order valence-corrected chi connectivity index (χ3v) is 2.71. The summed E-state index contributed by atoms with van der Waals surface area (Å²) in [5, 5.41) is 2.77. The van der Waals surface area contributed by atoms with Crippen molar-refractivity contribution < 1.29 is 19.1 Å². The molecule has 1 unspecified atom stereocenters. The van der Waals surface area contributed by atoms with Crippen molar-refractivity contribution in [2.24, 2.45) is 0 Å². The standard InChI is InChI=1S/C15H23NO4/c1-10-7-11(12(17)19-6)9-15(5,8-10)16-13(18)20-14(2,3)4/h8-9H,7H2,1-6H3,(H,16,18). The molecule has 112 valence electrons. The molecule has 1 rings (SSSR count). The fraction of sp³-hybridized carbons (Fsp3) is 0.600. The SMILES string of the molecule is COC(=O)C1=CC(C)(NC(=O)OC(C)(C)C)C=C(C)C1. The first kappa shape index (κ1) is 16.3. The third kappa shape index (κ3) is 4.72. The van der Waals surface area contributed by atoms with Gasteiger partial charge in [0.15, 0.2) is 0 Å². The van der Waals surface area contributed by atoms with Gasteiger partial charge in [-0.3, -0.25) is 0 Å². The first-order valence-corrected chi connectivity index (χ1v) is 6.54. The lowest BCUT2D eigenvalue weighted by molar-refractivity contribution is -0.136. The van der Waals surface area contributed by atoms with Crippen LogP contribution >= 0.6 is 0 Å². The van der Waals surface area contributed by atoms with Gasteiger partial charge in [0, 0.05) is 12.0 Å². The van der Waals surface area contributed by atoms with Crippen molar-refractivity contribution in [3.63, 3.8) is 0 Å². The molecule has 0 heterocycles. The molecule has 0 radical (unpaired) electrons. The van der Waals surface area contributed by atoms with Crippen molar-refractivity contribution in [1.82, 2.24) is 5.32 Å². The van der Waals surface area contributed by atoms with Gasteiger partial charge in [0.25, 0.3) is 0 Å². The van der Waals surface area contributed by atoms with Crippen molar-refractivity contribution in [1.29, 1.82) is 0 Å². The molecule has 1 atom stereocenters. The zero-order valence-corrected chi connectivity index (χ0v) is 13.0. The molecular formula is C15H23NO4. The second-order valence-electron chi connectivity index (χ2n) is 6.24. The van der Waals surface area contributed by atoms with Gasteiger partial charge in [0.1, 0.15) is 5.60 Å². The minimum atomic E-state index is -0.756. The van der Waals surface area contributed by atoms with Gasteiger partial charge in [-0.15, -0.1) is 0 Å². The molecule has 0 fully saturated rings. The van der Waals surface area contributed by atoms with Crippen LogP contribution < -0.4 is 5.32 Å². The van der Waals surface area contributed by atoms with E-state index in [0.29, 0.717) is 12.0 Å². The summed E-state index contributed by atoms with van der Waals surface area (Å²) >= 11 is 0. The number of hydrogen-bond acceptors (Lipinski definition) is 4. The molecule has 1 aliphatic carbocycles. The van der Waals surface area contributed by atoms with E-state index < -0.39 is 17.2 Å². The Morgan fingerprint density at radius 2 is 1.90 bits per heavy atom. The number of esters is 1. The van der Waals surface area contributed by atoms with Crippen LogP contribution in [-0.2, 0) is 14.3 Å². The van der Waals surface area contributed by atoms with Gasteiger partial charge >= 0.3 is 12.1 Å². The fourth-order valence-electron chi connectivity index (χ4n) is 2.18. The van der Waals surface area contributed by atoms with Crippen LogP contribution in [0.3, 0.4) is 0 Å². The predicted molar refractivity (Wildman–Crippen MR) is 76.2 cm³/mol. The highest BCUT2D eigenvalue weighted by Gasteiger charge is 2.30. The lowest BCUT2D eigenvalue weighted by Gasteiger charge is -2.30. The Morgan fingerprint density at radius 3 is 2.40 bits per heavy atom. The number of allylic oxidation sites excluding steroid dienone is 1. The van der Waals surface area contributed by atoms with Crippen LogP contribution in [0.2, 0.25) is 0 Å². The highest BCUT2D eigenvalue weighted by Crippen LogP contribution is 2.26. The number of hydrogen-bond donors (Lipinski definition) is 1. The number of alkyl carbamates (subject to hydrolysis) is 1. The van der Waals surface area contributed by atoms with Crippen molar-refractivity contribution in [3.05, 3.63) is 23.3 Å². The summed E-state index contributed by atoms with van der Waals surface area (Å²) in [6.45, 7) is 9.11. The van der Waals surface area contributed by atoms with E-state index in [1.165, 1.54) is 7.11 Å². The number of methoxy groups -OCH3 is 1. The molecule has 1 aliphatic rings. The number of ether oxygens (including phenoxy) is 2. The van der Waals surface area contributed by atoms with Gasteiger partial charge in [-0.2, -0.15) is 0 Å². The Morgan fingerprint density at radius 1 is 1.30 bits per heavy atom. The minimum Gasteiger partial charge on any atom is -0.466 e. The molecule has 0 aliphatic heterocycles. The molecule has 1 amide bonds. The molecule has 20 heavy (non-hydrogen) atoms. The molecule has 0 saturated heterocycles. The van der Waals surface area contributed by atoms with Gasteiger partial charge in [0.2, 0.25) is 0 Å².